The van der Waals surface area contributed by atoms with Gasteiger partial charge in [0.25, 0.3) is 5.91 Å². The highest BCUT2D eigenvalue weighted by Crippen LogP contribution is 2.31. The summed E-state index contributed by atoms with van der Waals surface area (Å²) in [5, 5.41) is 5.94. The molecule has 0 bridgehead atoms. The summed E-state index contributed by atoms with van der Waals surface area (Å²) in [5.41, 5.74) is -0.724. The number of thiophene rings is 1. The van der Waals surface area contributed by atoms with Crippen molar-refractivity contribution in [2.45, 2.75) is 33.0 Å². The van der Waals surface area contributed by atoms with Crippen molar-refractivity contribution in [1.29, 1.82) is 0 Å². The number of aromatic nitrogens is 2. The second-order valence-corrected chi connectivity index (χ2v) is 6.59. The topological polar surface area (TPSA) is 46.9 Å². The van der Waals surface area contributed by atoms with Gasteiger partial charge in [-0.3, -0.25) is 9.48 Å². The maximum Gasteiger partial charge on any atom is 0.435 e. The van der Waals surface area contributed by atoms with E-state index in [4.69, 9.17) is 0 Å². The first-order chi connectivity index (χ1) is 10.1. The maximum absolute atomic E-state index is 12.9. The highest BCUT2D eigenvalue weighted by Gasteiger charge is 2.39. The molecular weight excluding hydrogens is 315 g/mol. The van der Waals surface area contributed by atoms with E-state index in [9.17, 15) is 18.0 Å². The van der Waals surface area contributed by atoms with Gasteiger partial charge in [-0.1, -0.05) is 0 Å². The van der Waals surface area contributed by atoms with Crippen LogP contribution < -0.4 is 5.32 Å². The molecule has 0 aromatic carbocycles. The van der Waals surface area contributed by atoms with E-state index >= 15 is 0 Å². The Morgan fingerprint density at radius 3 is 2.55 bits per heavy atom. The lowest BCUT2D eigenvalue weighted by Crippen LogP contribution is -2.28. The zero-order chi connectivity index (χ0) is 16.7. The quantitative estimate of drug-likeness (QED) is 0.934. The van der Waals surface area contributed by atoms with Crippen molar-refractivity contribution in [3.8, 4) is 0 Å². The van der Waals surface area contributed by atoms with E-state index in [1.54, 1.807) is 18.3 Å². The fourth-order valence-corrected chi connectivity index (χ4v) is 3.32. The molecule has 0 spiro atoms. The van der Waals surface area contributed by atoms with Crippen LogP contribution in [-0.2, 0) is 13.2 Å². The van der Waals surface area contributed by atoms with Gasteiger partial charge < -0.3 is 5.32 Å². The number of alkyl halides is 3. The molecule has 1 unspecified atom stereocenters. The van der Waals surface area contributed by atoms with Gasteiger partial charge in [-0.15, -0.1) is 11.3 Å². The second kappa shape index (κ2) is 5.75. The molecule has 22 heavy (non-hydrogen) atoms. The van der Waals surface area contributed by atoms with E-state index in [-0.39, 0.29) is 6.04 Å². The molecule has 2 aromatic rings. The minimum absolute atomic E-state index is 0.376. The summed E-state index contributed by atoms with van der Waals surface area (Å²) in [6.45, 7) is 5.61. The Balaban J connectivity index is 2.25. The number of rotatable bonds is 3. The van der Waals surface area contributed by atoms with Crippen LogP contribution in [0.1, 0.15) is 44.3 Å². The van der Waals surface area contributed by atoms with Gasteiger partial charge in [-0.2, -0.15) is 18.3 Å². The molecule has 1 amide bonds. The molecule has 0 saturated heterocycles. The van der Waals surface area contributed by atoms with Gasteiger partial charge in [-0.25, -0.2) is 0 Å². The number of amides is 1. The Kier molecular flexibility index (Phi) is 4.32. The number of nitrogens with one attached hydrogen (secondary N) is 1. The lowest BCUT2D eigenvalue weighted by Gasteiger charge is -2.14. The van der Waals surface area contributed by atoms with Crippen LogP contribution in [0.5, 0.6) is 0 Å². The minimum Gasteiger partial charge on any atom is -0.345 e. The van der Waals surface area contributed by atoms with E-state index in [2.05, 4.69) is 10.4 Å². The van der Waals surface area contributed by atoms with E-state index in [1.807, 2.05) is 19.9 Å². The van der Waals surface area contributed by atoms with Crippen LogP contribution in [0.15, 0.2) is 12.3 Å². The summed E-state index contributed by atoms with van der Waals surface area (Å²) >= 11 is 1.58. The average Bonchev–Trinajstić information content (AvgIpc) is 2.91. The molecule has 0 saturated carbocycles. The molecule has 2 aromatic heterocycles. The third-order valence-corrected chi connectivity index (χ3v) is 4.22. The summed E-state index contributed by atoms with van der Waals surface area (Å²) in [6, 6.07) is 1.55. The molecule has 0 aliphatic carbocycles. The highest BCUT2D eigenvalue weighted by atomic mass is 32.1. The molecule has 1 atom stereocenters. The van der Waals surface area contributed by atoms with E-state index in [1.165, 1.54) is 7.05 Å². The predicted molar refractivity (Wildman–Crippen MR) is 77.9 cm³/mol. The largest absolute Gasteiger partial charge is 0.435 e. The molecule has 0 radical (unpaired) electrons. The number of halogens is 3. The Hall–Kier alpha value is -1.83. The van der Waals surface area contributed by atoms with Crippen molar-refractivity contribution >= 4 is 17.2 Å². The second-order valence-electron chi connectivity index (χ2n) is 5.13. The Morgan fingerprint density at radius 1 is 1.41 bits per heavy atom. The van der Waals surface area contributed by atoms with Crippen LogP contribution in [0.4, 0.5) is 13.2 Å². The van der Waals surface area contributed by atoms with Gasteiger partial charge >= 0.3 is 6.18 Å². The first-order valence-corrected chi connectivity index (χ1v) is 7.40. The molecule has 4 nitrogen and oxygen atoms in total. The molecule has 0 aliphatic heterocycles. The maximum atomic E-state index is 12.9. The van der Waals surface area contributed by atoms with E-state index < -0.39 is 23.3 Å². The number of carbonyl (C=O) groups is 1. The van der Waals surface area contributed by atoms with Crippen molar-refractivity contribution in [2.24, 2.45) is 7.05 Å². The SMILES string of the molecule is Cc1cc(C(C)NC(=O)c2cn(C)nc2C(F)(F)F)c(C)s1. The number of hydrogen-bond donors (Lipinski definition) is 1. The fraction of sp³-hybridized carbons (Fsp3) is 0.429. The van der Waals surface area contributed by atoms with Crippen LogP contribution in [0.3, 0.4) is 0 Å². The molecule has 120 valence electrons. The average molecular weight is 331 g/mol. The Morgan fingerprint density at radius 2 is 2.05 bits per heavy atom. The highest BCUT2D eigenvalue weighted by molar-refractivity contribution is 7.12. The summed E-state index contributed by atoms with van der Waals surface area (Å²) in [6.07, 6.45) is -3.58. The molecule has 2 heterocycles. The third-order valence-electron chi connectivity index (χ3n) is 3.24. The predicted octanol–water partition coefficient (Wildman–Crippen LogP) is 3.61. The van der Waals surface area contributed by atoms with E-state index in [0.29, 0.717) is 0 Å². The molecule has 0 fully saturated rings. The lowest BCUT2D eigenvalue weighted by atomic mass is 10.1. The zero-order valence-electron chi connectivity index (χ0n) is 12.6. The smallest absolute Gasteiger partial charge is 0.345 e. The summed E-state index contributed by atoms with van der Waals surface area (Å²) in [5.74, 6) is -0.781. The fourth-order valence-electron chi connectivity index (χ4n) is 2.30. The number of nitrogens with zero attached hydrogens (tertiary/aromatic N) is 2. The zero-order valence-corrected chi connectivity index (χ0v) is 13.4. The third kappa shape index (κ3) is 3.32. The van der Waals surface area contributed by atoms with Crippen molar-refractivity contribution in [3.63, 3.8) is 0 Å². The van der Waals surface area contributed by atoms with Gasteiger partial charge in [0.15, 0.2) is 5.69 Å². The van der Waals surface area contributed by atoms with Gasteiger partial charge in [-0.05, 0) is 32.4 Å². The normalized spacial score (nSPS) is 13.2. The van der Waals surface area contributed by atoms with Gasteiger partial charge in [0.2, 0.25) is 0 Å². The monoisotopic (exact) mass is 331 g/mol. The molecule has 8 heteroatoms. The molecular formula is C14H16F3N3OS. The van der Waals surface area contributed by atoms with Gasteiger partial charge in [0.05, 0.1) is 11.6 Å². The van der Waals surface area contributed by atoms with Gasteiger partial charge in [0.1, 0.15) is 0 Å². The summed E-state index contributed by atoms with van der Waals surface area (Å²) in [7, 11) is 1.35. The van der Waals surface area contributed by atoms with Crippen molar-refractivity contribution in [2.75, 3.05) is 0 Å². The van der Waals surface area contributed by atoms with Crippen LogP contribution in [0.25, 0.3) is 0 Å². The summed E-state index contributed by atoms with van der Waals surface area (Å²) in [4.78, 5) is 14.3. The van der Waals surface area contributed by atoms with Crippen LogP contribution in [0, 0.1) is 13.8 Å². The molecule has 0 aliphatic rings. The first-order valence-electron chi connectivity index (χ1n) is 6.58. The molecule has 1 N–H and O–H groups in total. The lowest BCUT2D eigenvalue weighted by molar-refractivity contribution is -0.141. The van der Waals surface area contributed by atoms with Crippen LogP contribution in [0.2, 0.25) is 0 Å². The van der Waals surface area contributed by atoms with E-state index in [0.717, 1.165) is 26.2 Å². The Bertz CT molecular complexity index is 703. The standard InChI is InChI=1S/C14H16F3N3OS/c1-7-5-10(9(3)22-7)8(2)18-13(21)11-6-20(4)19-12(11)14(15,16)17/h5-6,8H,1-4H3,(H,18,21). The van der Waals surface area contributed by atoms with Crippen molar-refractivity contribution in [1.82, 2.24) is 15.1 Å². The van der Waals surface area contributed by atoms with Crippen molar-refractivity contribution < 1.29 is 18.0 Å². The molecule has 2 rings (SSSR count). The number of aryl methyl sites for hydroxylation is 3. The van der Waals surface area contributed by atoms with Gasteiger partial charge in [0, 0.05) is 23.0 Å². The van der Waals surface area contributed by atoms with Crippen LogP contribution in [-0.4, -0.2) is 15.7 Å². The number of carbonyl (C=O) groups excluding carboxylic acids is 1. The number of hydrogen-bond acceptors (Lipinski definition) is 3. The summed E-state index contributed by atoms with van der Waals surface area (Å²) < 4.78 is 39.7. The Labute approximate surface area is 129 Å². The van der Waals surface area contributed by atoms with Crippen LogP contribution >= 0.6 is 11.3 Å². The minimum atomic E-state index is -4.66. The first kappa shape index (κ1) is 16.5. The van der Waals surface area contributed by atoms with Crippen molar-refractivity contribution in [3.05, 3.63) is 38.8 Å².